The molecule has 0 fully saturated rings. The molecule has 0 aliphatic rings. The van der Waals surface area contributed by atoms with Crippen LogP contribution in [0.2, 0.25) is 5.02 Å². The maximum atomic E-state index is 12.5. The lowest BCUT2D eigenvalue weighted by atomic mass is 10.3. The second-order valence-corrected chi connectivity index (χ2v) is 5.56. The van der Waals surface area contributed by atoms with E-state index in [0.29, 0.717) is 10.7 Å². The van der Waals surface area contributed by atoms with E-state index in [1.807, 2.05) is 0 Å². The molecule has 0 saturated heterocycles. The van der Waals surface area contributed by atoms with Gasteiger partial charge in [0.2, 0.25) is 0 Å². The van der Waals surface area contributed by atoms with E-state index >= 15 is 0 Å². The number of hydrogen-bond acceptors (Lipinski definition) is 3. The van der Waals surface area contributed by atoms with E-state index < -0.39 is 18.3 Å². The Morgan fingerprint density at radius 1 is 1.26 bits per heavy atom. The number of aromatic amines is 1. The number of alkyl halides is 3. The van der Waals surface area contributed by atoms with Gasteiger partial charge in [-0.2, -0.15) is 13.2 Å². The van der Waals surface area contributed by atoms with Gasteiger partial charge < -0.3 is 9.55 Å². The molecule has 120 valence electrons. The second kappa shape index (κ2) is 5.50. The van der Waals surface area contributed by atoms with Crippen molar-refractivity contribution in [3.63, 3.8) is 0 Å². The molecule has 2 heterocycles. The number of imidazole rings is 1. The zero-order valence-corrected chi connectivity index (χ0v) is 12.8. The summed E-state index contributed by atoms with van der Waals surface area (Å²) in [5, 5.41) is 0.479. The van der Waals surface area contributed by atoms with Gasteiger partial charge in [-0.1, -0.05) is 11.6 Å². The lowest BCUT2D eigenvalue weighted by molar-refractivity contribution is -0.140. The SMILES string of the molecule is O=c1c2ncn(CC(F)(F)F)c2[nH]c(=S)n1-c1ccc(Cl)cc1. The molecule has 0 bridgehead atoms. The maximum Gasteiger partial charge on any atom is 0.406 e. The number of fused-ring (bicyclic) bond motifs is 1. The number of rotatable bonds is 2. The molecule has 3 rings (SSSR count). The molecule has 0 amide bonds. The number of H-pyrrole nitrogens is 1. The van der Waals surface area contributed by atoms with Crippen molar-refractivity contribution >= 4 is 35.0 Å². The number of aromatic nitrogens is 4. The van der Waals surface area contributed by atoms with Gasteiger partial charge >= 0.3 is 6.18 Å². The molecule has 5 nitrogen and oxygen atoms in total. The van der Waals surface area contributed by atoms with Gasteiger partial charge in [0.05, 0.1) is 12.0 Å². The van der Waals surface area contributed by atoms with Crippen LogP contribution < -0.4 is 5.56 Å². The highest BCUT2D eigenvalue weighted by atomic mass is 35.5. The fraction of sp³-hybridized carbons (Fsp3) is 0.154. The molecule has 23 heavy (non-hydrogen) atoms. The Kier molecular flexibility index (Phi) is 3.77. The molecule has 10 heteroatoms. The van der Waals surface area contributed by atoms with Crippen molar-refractivity contribution in [2.24, 2.45) is 0 Å². The summed E-state index contributed by atoms with van der Waals surface area (Å²) >= 11 is 10.9. The van der Waals surface area contributed by atoms with Gasteiger partial charge in [0.15, 0.2) is 10.3 Å². The van der Waals surface area contributed by atoms with E-state index in [1.165, 1.54) is 0 Å². The van der Waals surface area contributed by atoms with Crippen molar-refractivity contribution in [3.8, 4) is 5.69 Å². The zero-order valence-electron chi connectivity index (χ0n) is 11.3. The largest absolute Gasteiger partial charge is 0.406 e. The third-order valence-corrected chi connectivity index (χ3v) is 3.64. The summed E-state index contributed by atoms with van der Waals surface area (Å²) in [7, 11) is 0. The van der Waals surface area contributed by atoms with Crippen LogP contribution in [-0.4, -0.2) is 25.3 Å². The van der Waals surface area contributed by atoms with Crippen molar-refractivity contribution in [1.82, 2.24) is 19.1 Å². The van der Waals surface area contributed by atoms with Gasteiger partial charge in [-0.3, -0.25) is 9.36 Å². The molecule has 1 N–H and O–H groups in total. The first-order chi connectivity index (χ1) is 10.8. The topological polar surface area (TPSA) is 55.6 Å². The predicted molar refractivity (Wildman–Crippen MR) is 81.6 cm³/mol. The van der Waals surface area contributed by atoms with Crippen LogP contribution in [0.15, 0.2) is 35.4 Å². The van der Waals surface area contributed by atoms with Crippen LogP contribution in [0.4, 0.5) is 13.2 Å². The highest BCUT2D eigenvalue weighted by molar-refractivity contribution is 7.71. The van der Waals surface area contributed by atoms with Crippen LogP contribution in [0.25, 0.3) is 16.9 Å². The van der Waals surface area contributed by atoms with Gasteiger partial charge in [-0.15, -0.1) is 0 Å². The first-order valence-corrected chi connectivity index (χ1v) is 7.08. The summed E-state index contributed by atoms with van der Waals surface area (Å²) in [6.07, 6.45) is -3.48. The molecule has 0 aliphatic heterocycles. The summed E-state index contributed by atoms with van der Waals surface area (Å²) in [6.45, 7) is -1.26. The molecule has 0 unspecified atom stereocenters. The number of nitrogens with zero attached hydrogens (tertiary/aromatic N) is 3. The average Bonchev–Trinajstić information content (AvgIpc) is 2.82. The van der Waals surface area contributed by atoms with Gasteiger partial charge in [-0.25, -0.2) is 4.98 Å². The predicted octanol–water partition coefficient (Wildman–Crippen LogP) is 3.46. The van der Waals surface area contributed by atoms with Crippen molar-refractivity contribution < 1.29 is 13.2 Å². The Morgan fingerprint density at radius 2 is 1.91 bits per heavy atom. The Morgan fingerprint density at radius 3 is 2.52 bits per heavy atom. The molecule has 0 aliphatic carbocycles. The van der Waals surface area contributed by atoms with Crippen LogP contribution in [0.5, 0.6) is 0 Å². The smallest absolute Gasteiger partial charge is 0.316 e. The summed E-state index contributed by atoms with van der Waals surface area (Å²) in [4.78, 5) is 18.9. The number of benzene rings is 1. The van der Waals surface area contributed by atoms with Crippen LogP contribution in [0, 0.1) is 4.77 Å². The van der Waals surface area contributed by atoms with Crippen LogP contribution in [0.1, 0.15) is 0 Å². The van der Waals surface area contributed by atoms with E-state index in [2.05, 4.69) is 9.97 Å². The highest BCUT2D eigenvalue weighted by Crippen LogP contribution is 2.20. The molecule has 2 aromatic heterocycles. The van der Waals surface area contributed by atoms with Gasteiger partial charge in [0, 0.05) is 5.02 Å². The number of nitrogens with one attached hydrogen (secondary N) is 1. The summed E-state index contributed by atoms with van der Waals surface area (Å²) in [5.41, 5.74) is -0.361. The summed E-state index contributed by atoms with van der Waals surface area (Å²) in [6, 6.07) is 6.30. The van der Waals surface area contributed by atoms with Crippen molar-refractivity contribution in [2.45, 2.75) is 12.7 Å². The second-order valence-electron chi connectivity index (χ2n) is 4.73. The van der Waals surface area contributed by atoms with Crippen molar-refractivity contribution in [2.75, 3.05) is 0 Å². The maximum absolute atomic E-state index is 12.5. The molecule has 1 aromatic carbocycles. The Bertz CT molecular complexity index is 988. The molecule has 0 radical (unpaired) electrons. The standard InChI is InChI=1S/C13H8ClF3N4OS/c14-7-1-3-8(4-2-7)21-11(22)9-10(19-12(21)23)20(6-18-9)5-13(15,16)17/h1-4,6H,5H2,(H,19,23). The fourth-order valence-corrected chi connectivity index (χ4v) is 2.57. The minimum absolute atomic E-state index is 0.0336. The minimum atomic E-state index is -4.44. The van der Waals surface area contributed by atoms with E-state index in [-0.39, 0.29) is 15.9 Å². The Balaban J connectivity index is 2.22. The van der Waals surface area contributed by atoms with Crippen LogP contribution >= 0.6 is 23.8 Å². The first kappa shape index (κ1) is 15.8. The zero-order chi connectivity index (χ0) is 16.8. The van der Waals surface area contributed by atoms with Crippen molar-refractivity contribution in [3.05, 3.63) is 50.7 Å². The Hall–Kier alpha value is -2.13. The quantitative estimate of drug-likeness (QED) is 0.712. The molecule has 0 atom stereocenters. The lowest BCUT2D eigenvalue weighted by Crippen LogP contribution is -2.22. The third-order valence-electron chi connectivity index (χ3n) is 3.11. The normalized spacial score (nSPS) is 12.0. The lowest BCUT2D eigenvalue weighted by Gasteiger charge is -2.09. The van der Waals surface area contributed by atoms with E-state index in [9.17, 15) is 18.0 Å². The summed E-state index contributed by atoms with van der Waals surface area (Å²) in [5.74, 6) is 0. The summed E-state index contributed by atoms with van der Waals surface area (Å²) < 4.78 is 39.6. The average molecular weight is 361 g/mol. The first-order valence-electron chi connectivity index (χ1n) is 6.29. The molecule has 0 spiro atoms. The highest BCUT2D eigenvalue weighted by Gasteiger charge is 2.29. The third kappa shape index (κ3) is 3.02. The molecule has 0 saturated carbocycles. The van der Waals surface area contributed by atoms with Gasteiger partial charge in [-0.05, 0) is 36.5 Å². The molecular formula is C13H8ClF3N4OS. The number of hydrogen-bond donors (Lipinski definition) is 1. The minimum Gasteiger partial charge on any atom is -0.316 e. The van der Waals surface area contributed by atoms with Gasteiger partial charge in [0.1, 0.15) is 12.2 Å². The van der Waals surface area contributed by atoms with Crippen LogP contribution in [-0.2, 0) is 6.54 Å². The van der Waals surface area contributed by atoms with E-state index in [4.69, 9.17) is 23.8 Å². The van der Waals surface area contributed by atoms with E-state index in [0.717, 1.165) is 15.5 Å². The Labute approximate surface area is 137 Å². The van der Waals surface area contributed by atoms with Crippen molar-refractivity contribution in [1.29, 1.82) is 0 Å². The number of halogens is 4. The fourth-order valence-electron chi connectivity index (χ4n) is 2.16. The van der Waals surface area contributed by atoms with Crippen LogP contribution in [0.3, 0.4) is 0 Å². The van der Waals surface area contributed by atoms with E-state index in [1.54, 1.807) is 24.3 Å². The monoisotopic (exact) mass is 360 g/mol. The van der Waals surface area contributed by atoms with Gasteiger partial charge in [0.25, 0.3) is 5.56 Å². The molecular weight excluding hydrogens is 353 g/mol. The molecule has 3 aromatic rings.